The maximum Gasteiger partial charge on any atom is 0.192 e. The number of carbonyl (C=O) groups is 1. The molecule has 5 heteroatoms. The first kappa shape index (κ1) is 10.9. The Morgan fingerprint density at radius 2 is 2.00 bits per heavy atom. The van der Waals surface area contributed by atoms with Crippen LogP contribution in [0.2, 0.25) is 0 Å². The summed E-state index contributed by atoms with van der Waals surface area (Å²) in [5, 5.41) is 26.1. The highest BCUT2D eigenvalue weighted by Gasteiger charge is 2.21. The van der Waals surface area contributed by atoms with Gasteiger partial charge < -0.3 is 15.3 Å². The van der Waals surface area contributed by atoms with Crippen LogP contribution in [0.4, 0.5) is 0 Å². The van der Waals surface area contributed by atoms with Crippen molar-refractivity contribution in [2.24, 2.45) is 0 Å². The van der Waals surface area contributed by atoms with Crippen LogP contribution in [-0.4, -0.2) is 51.9 Å². The predicted octanol–water partition coefficient (Wildman–Crippen LogP) is -1.37. The summed E-state index contributed by atoms with van der Waals surface area (Å²) in [5.74, 6) is -0.475. The molecule has 0 heterocycles. The van der Waals surface area contributed by atoms with Crippen LogP contribution >= 0.6 is 11.8 Å². The lowest BCUT2D eigenvalue weighted by Crippen LogP contribution is -2.35. The molecule has 66 valence electrons. The average Bonchev–Trinajstić information content (AvgIpc) is 2.02. The molecule has 0 saturated heterocycles. The number of ketones is 1. The Hall–Kier alpha value is -0.100. The van der Waals surface area contributed by atoms with Gasteiger partial charge in [0.25, 0.3) is 0 Å². The molecule has 0 fully saturated rings. The number of aliphatic hydroxyl groups excluding tert-OH is 3. The van der Waals surface area contributed by atoms with E-state index in [0.717, 1.165) is 0 Å². The molecule has 2 atom stereocenters. The van der Waals surface area contributed by atoms with Crippen LogP contribution in [0.5, 0.6) is 0 Å². The van der Waals surface area contributed by atoms with E-state index in [1.54, 1.807) is 6.26 Å². The Morgan fingerprint density at radius 3 is 2.36 bits per heavy atom. The molecule has 0 aliphatic rings. The monoisotopic (exact) mass is 180 g/mol. The first-order valence-electron chi connectivity index (χ1n) is 3.13. The highest BCUT2D eigenvalue weighted by atomic mass is 32.2. The van der Waals surface area contributed by atoms with Gasteiger partial charge in [-0.25, -0.2) is 0 Å². The topological polar surface area (TPSA) is 77.8 Å². The van der Waals surface area contributed by atoms with Crippen LogP contribution < -0.4 is 0 Å². The SMILES string of the molecule is CSC[C@@H](O)C(=O)[C@@H](O)CO. The Bertz CT molecular complexity index is 128. The Kier molecular flexibility index (Phi) is 5.49. The second-order valence-corrected chi connectivity index (χ2v) is 2.98. The van der Waals surface area contributed by atoms with Crippen LogP contribution in [0.1, 0.15) is 0 Å². The summed E-state index contributed by atoms with van der Waals surface area (Å²) in [4.78, 5) is 10.8. The molecule has 0 amide bonds. The summed E-state index contributed by atoms with van der Waals surface area (Å²) in [5.41, 5.74) is 0. The molecule has 0 aliphatic carbocycles. The van der Waals surface area contributed by atoms with Gasteiger partial charge in [-0.1, -0.05) is 0 Å². The second-order valence-electron chi connectivity index (χ2n) is 2.07. The molecule has 0 aromatic heterocycles. The molecule has 0 radical (unpaired) electrons. The van der Waals surface area contributed by atoms with Crippen molar-refractivity contribution >= 4 is 17.5 Å². The molecule has 0 bridgehead atoms. The molecule has 3 N–H and O–H groups in total. The molecule has 0 saturated carbocycles. The number of hydrogen-bond acceptors (Lipinski definition) is 5. The second kappa shape index (κ2) is 5.54. The predicted molar refractivity (Wildman–Crippen MR) is 42.5 cm³/mol. The lowest BCUT2D eigenvalue weighted by atomic mass is 10.1. The van der Waals surface area contributed by atoms with Gasteiger partial charge in [0.1, 0.15) is 12.2 Å². The third-order valence-corrected chi connectivity index (χ3v) is 1.80. The van der Waals surface area contributed by atoms with E-state index in [1.807, 2.05) is 0 Å². The van der Waals surface area contributed by atoms with Gasteiger partial charge in [-0.15, -0.1) is 0 Å². The van der Waals surface area contributed by atoms with E-state index in [2.05, 4.69) is 0 Å². The summed E-state index contributed by atoms with van der Waals surface area (Å²) in [6, 6.07) is 0. The average molecular weight is 180 g/mol. The van der Waals surface area contributed by atoms with Gasteiger partial charge in [-0.3, -0.25) is 4.79 Å². The van der Waals surface area contributed by atoms with Gasteiger partial charge in [-0.05, 0) is 6.26 Å². The van der Waals surface area contributed by atoms with Gasteiger partial charge in [0, 0.05) is 5.75 Å². The molecule has 0 unspecified atom stereocenters. The highest BCUT2D eigenvalue weighted by molar-refractivity contribution is 7.98. The van der Waals surface area contributed by atoms with E-state index in [-0.39, 0.29) is 5.75 Å². The van der Waals surface area contributed by atoms with Crippen molar-refractivity contribution in [1.82, 2.24) is 0 Å². The minimum atomic E-state index is -1.45. The third kappa shape index (κ3) is 3.71. The maximum atomic E-state index is 10.8. The van der Waals surface area contributed by atoms with Crippen LogP contribution in [0, 0.1) is 0 Å². The fraction of sp³-hybridized carbons (Fsp3) is 0.833. The van der Waals surface area contributed by atoms with E-state index < -0.39 is 24.6 Å². The summed E-state index contributed by atoms with van der Waals surface area (Å²) >= 11 is 1.30. The fourth-order valence-corrected chi connectivity index (χ4v) is 1.03. The molecule has 11 heavy (non-hydrogen) atoms. The Morgan fingerprint density at radius 1 is 1.45 bits per heavy atom. The van der Waals surface area contributed by atoms with E-state index in [4.69, 9.17) is 15.3 Å². The molecule has 0 aromatic carbocycles. The molecule has 0 rings (SSSR count). The van der Waals surface area contributed by atoms with Crippen LogP contribution in [0.25, 0.3) is 0 Å². The number of hydrogen-bond donors (Lipinski definition) is 3. The minimum Gasteiger partial charge on any atom is -0.393 e. The van der Waals surface area contributed by atoms with Crippen molar-refractivity contribution in [3.63, 3.8) is 0 Å². The summed E-state index contributed by atoms with van der Waals surface area (Å²) < 4.78 is 0. The number of rotatable bonds is 5. The normalized spacial score (nSPS) is 16.0. The quantitative estimate of drug-likeness (QED) is 0.486. The molecular formula is C6H12O4S. The van der Waals surface area contributed by atoms with E-state index >= 15 is 0 Å². The Labute approximate surface area is 69.2 Å². The largest absolute Gasteiger partial charge is 0.393 e. The first-order chi connectivity index (χ1) is 5.13. The lowest BCUT2D eigenvalue weighted by Gasteiger charge is -2.10. The molecule has 0 aromatic rings. The molecule has 0 aliphatic heterocycles. The van der Waals surface area contributed by atoms with Crippen LogP contribution in [0.15, 0.2) is 0 Å². The van der Waals surface area contributed by atoms with Crippen molar-refractivity contribution in [2.75, 3.05) is 18.6 Å². The number of carbonyl (C=O) groups excluding carboxylic acids is 1. The van der Waals surface area contributed by atoms with Crippen molar-refractivity contribution in [3.8, 4) is 0 Å². The van der Waals surface area contributed by atoms with E-state index in [1.165, 1.54) is 11.8 Å². The highest BCUT2D eigenvalue weighted by Crippen LogP contribution is 2.00. The molecular weight excluding hydrogens is 168 g/mol. The number of aliphatic hydroxyl groups is 3. The standard InChI is InChI=1S/C6H12O4S/c1-11-3-5(9)6(10)4(8)2-7/h4-5,7-9H,2-3H2,1H3/t4-,5+/m0/s1. The Balaban J connectivity index is 3.81. The van der Waals surface area contributed by atoms with Crippen molar-refractivity contribution in [1.29, 1.82) is 0 Å². The van der Waals surface area contributed by atoms with Gasteiger partial charge in [-0.2, -0.15) is 11.8 Å². The van der Waals surface area contributed by atoms with Gasteiger partial charge in [0.05, 0.1) is 6.61 Å². The summed E-state index contributed by atoms with van der Waals surface area (Å²) in [6.45, 7) is -0.635. The van der Waals surface area contributed by atoms with Gasteiger partial charge in [0.2, 0.25) is 0 Å². The third-order valence-electron chi connectivity index (χ3n) is 1.15. The van der Waals surface area contributed by atoms with E-state index in [9.17, 15) is 4.79 Å². The van der Waals surface area contributed by atoms with Crippen LogP contribution in [-0.2, 0) is 4.79 Å². The molecule has 0 spiro atoms. The van der Waals surface area contributed by atoms with Crippen molar-refractivity contribution in [3.05, 3.63) is 0 Å². The van der Waals surface area contributed by atoms with Gasteiger partial charge in [0.15, 0.2) is 5.78 Å². The first-order valence-corrected chi connectivity index (χ1v) is 4.52. The minimum absolute atomic E-state index is 0.246. The zero-order chi connectivity index (χ0) is 8.85. The molecule has 4 nitrogen and oxygen atoms in total. The van der Waals surface area contributed by atoms with E-state index in [0.29, 0.717) is 0 Å². The van der Waals surface area contributed by atoms with Crippen LogP contribution in [0.3, 0.4) is 0 Å². The summed E-state index contributed by atoms with van der Waals surface area (Å²) in [6.07, 6.45) is -0.883. The zero-order valence-corrected chi connectivity index (χ0v) is 7.04. The smallest absolute Gasteiger partial charge is 0.192 e. The summed E-state index contributed by atoms with van der Waals surface area (Å²) in [7, 11) is 0. The number of Topliss-reactive ketones (excluding diaryl/α,β-unsaturated/α-hetero) is 1. The zero-order valence-electron chi connectivity index (χ0n) is 6.23. The fourth-order valence-electron chi connectivity index (χ4n) is 0.552. The number of thioether (sulfide) groups is 1. The van der Waals surface area contributed by atoms with Crippen molar-refractivity contribution in [2.45, 2.75) is 12.2 Å². The van der Waals surface area contributed by atoms with Gasteiger partial charge >= 0.3 is 0 Å². The maximum absolute atomic E-state index is 10.8. The van der Waals surface area contributed by atoms with Crippen molar-refractivity contribution < 1.29 is 20.1 Å². The lowest BCUT2D eigenvalue weighted by molar-refractivity contribution is -0.136.